The van der Waals surface area contributed by atoms with Crippen molar-refractivity contribution in [3.8, 4) is 0 Å². The van der Waals surface area contributed by atoms with Gasteiger partial charge in [-0.2, -0.15) is 4.98 Å². The second kappa shape index (κ2) is 5.11. The summed E-state index contributed by atoms with van der Waals surface area (Å²) < 4.78 is 1.82. The van der Waals surface area contributed by atoms with Crippen molar-refractivity contribution in [2.24, 2.45) is 4.99 Å². The van der Waals surface area contributed by atoms with Crippen molar-refractivity contribution in [3.63, 3.8) is 0 Å². The van der Waals surface area contributed by atoms with E-state index in [9.17, 15) is 0 Å². The molecule has 2 N–H and O–H groups in total. The van der Waals surface area contributed by atoms with Gasteiger partial charge in [0.05, 0.1) is 11.8 Å². The summed E-state index contributed by atoms with van der Waals surface area (Å²) in [6.07, 6.45) is 0.768. The SMILES string of the molecule is Nc1nc2n(n1)[C@@H](c1ccccc1)CC(c1ccccc1)=N2. The Morgan fingerprint density at radius 2 is 1.64 bits per heavy atom. The second-order valence-corrected chi connectivity index (χ2v) is 5.27. The molecule has 0 radical (unpaired) electrons. The maximum Gasteiger partial charge on any atom is 0.250 e. The molecule has 1 aliphatic heterocycles. The van der Waals surface area contributed by atoms with Gasteiger partial charge in [0.25, 0.3) is 5.95 Å². The van der Waals surface area contributed by atoms with E-state index < -0.39 is 0 Å². The van der Waals surface area contributed by atoms with Crippen LogP contribution in [0.4, 0.5) is 11.9 Å². The van der Waals surface area contributed by atoms with Crippen LogP contribution in [0.3, 0.4) is 0 Å². The Hall–Kier alpha value is -2.95. The number of nitrogens with two attached hydrogens (primary N) is 1. The van der Waals surface area contributed by atoms with Gasteiger partial charge in [0, 0.05) is 6.42 Å². The van der Waals surface area contributed by atoms with E-state index in [4.69, 9.17) is 5.73 Å². The monoisotopic (exact) mass is 289 g/mol. The molecule has 0 spiro atoms. The van der Waals surface area contributed by atoms with E-state index in [1.165, 1.54) is 5.56 Å². The molecule has 0 fully saturated rings. The molecule has 0 saturated carbocycles. The maximum atomic E-state index is 5.77. The lowest BCUT2D eigenvalue weighted by Crippen LogP contribution is -2.21. The van der Waals surface area contributed by atoms with Crippen molar-refractivity contribution in [1.82, 2.24) is 14.8 Å². The molecule has 5 heteroatoms. The highest BCUT2D eigenvalue weighted by molar-refractivity contribution is 6.02. The topological polar surface area (TPSA) is 69.1 Å². The van der Waals surface area contributed by atoms with Gasteiger partial charge in [-0.3, -0.25) is 0 Å². The number of anilines is 1. The van der Waals surface area contributed by atoms with Crippen molar-refractivity contribution in [3.05, 3.63) is 71.8 Å². The van der Waals surface area contributed by atoms with Crippen LogP contribution < -0.4 is 5.73 Å². The molecule has 4 rings (SSSR count). The standard InChI is InChI=1S/C17H15N5/c18-16-20-17-19-14(12-7-3-1-4-8-12)11-15(22(17)21-16)13-9-5-2-6-10-13/h1-10,15H,11H2,(H2,18,21)/t15-/m1/s1. The van der Waals surface area contributed by atoms with Gasteiger partial charge in [-0.25, -0.2) is 9.67 Å². The molecule has 3 aromatic rings. The Morgan fingerprint density at radius 1 is 0.955 bits per heavy atom. The van der Waals surface area contributed by atoms with Gasteiger partial charge in [0.15, 0.2) is 0 Å². The first-order chi connectivity index (χ1) is 10.8. The summed E-state index contributed by atoms with van der Waals surface area (Å²) >= 11 is 0. The highest BCUT2D eigenvalue weighted by atomic mass is 15.4. The van der Waals surface area contributed by atoms with Crippen LogP contribution in [0.15, 0.2) is 65.7 Å². The van der Waals surface area contributed by atoms with Gasteiger partial charge in [0.1, 0.15) is 0 Å². The summed E-state index contributed by atoms with van der Waals surface area (Å²) in [7, 11) is 0. The highest BCUT2D eigenvalue weighted by Gasteiger charge is 2.26. The third-order valence-corrected chi connectivity index (χ3v) is 3.84. The van der Waals surface area contributed by atoms with E-state index in [1.807, 2.05) is 41.1 Å². The molecule has 2 aromatic carbocycles. The van der Waals surface area contributed by atoms with Crippen LogP contribution in [0.25, 0.3) is 0 Å². The molecule has 5 nitrogen and oxygen atoms in total. The Morgan fingerprint density at radius 3 is 2.36 bits per heavy atom. The highest BCUT2D eigenvalue weighted by Crippen LogP contribution is 2.32. The number of nitrogens with zero attached hydrogens (tertiary/aromatic N) is 4. The Kier molecular flexibility index (Phi) is 2.96. The fourth-order valence-corrected chi connectivity index (χ4v) is 2.80. The van der Waals surface area contributed by atoms with E-state index in [2.05, 4.69) is 39.3 Å². The molecule has 0 saturated heterocycles. The first-order valence-corrected chi connectivity index (χ1v) is 7.21. The van der Waals surface area contributed by atoms with E-state index in [-0.39, 0.29) is 12.0 Å². The number of nitrogen functional groups attached to an aromatic ring is 1. The molecule has 0 unspecified atom stereocenters. The number of benzene rings is 2. The van der Waals surface area contributed by atoms with Crippen LogP contribution >= 0.6 is 0 Å². The van der Waals surface area contributed by atoms with Crippen LogP contribution in [0.5, 0.6) is 0 Å². The molecule has 1 aliphatic rings. The smallest absolute Gasteiger partial charge is 0.250 e. The average Bonchev–Trinajstić information content (AvgIpc) is 2.95. The minimum absolute atomic E-state index is 0.0636. The summed E-state index contributed by atoms with van der Waals surface area (Å²) in [5.74, 6) is 0.824. The van der Waals surface area contributed by atoms with Crippen LogP contribution in [-0.2, 0) is 0 Å². The molecule has 0 bridgehead atoms. The van der Waals surface area contributed by atoms with Crippen molar-refractivity contribution in [1.29, 1.82) is 0 Å². The molecular formula is C17H15N5. The van der Waals surface area contributed by atoms with Crippen LogP contribution in [0, 0.1) is 0 Å². The van der Waals surface area contributed by atoms with Crippen LogP contribution in [-0.4, -0.2) is 20.5 Å². The zero-order chi connectivity index (χ0) is 14.9. The average molecular weight is 289 g/mol. The first kappa shape index (κ1) is 12.8. The van der Waals surface area contributed by atoms with Gasteiger partial charge in [-0.15, -0.1) is 5.10 Å². The van der Waals surface area contributed by atoms with Gasteiger partial charge in [-0.1, -0.05) is 60.7 Å². The van der Waals surface area contributed by atoms with Crippen molar-refractivity contribution >= 4 is 17.6 Å². The van der Waals surface area contributed by atoms with E-state index in [0.717, 1.165) is 17.7 Å². The Labute approximate surface area is 128 Å². The summed E-state index contributed by atoms with van der Waals surface area (Å²) in [4.78, 5) is 8.88. The van der Waals surface area contributed by atoms with Gasteiger partial charge < -0.3 is 5.73 Å². The van der Waals surface area contributed by atoms with Crippen molar-refractivity contribution in [2.75, 3.05) is 5.73 Å². The summed E-state index contributed by atoms with van der Waals surface area (Å²) in [5, 5.41) is 4.31. The van der Waals surface area contributed by atoms with E-state index >= 15 is 0 Å². The molecule has 0 amide bonds. The van der Waals surface area contributed by atoms with E-state index in [1.54, 1.807) is 0 Å². The normalized spacial score (nSPS) is 16.9. The number of aliphatic imine (C=N–C) groups is 1. The molecule has 1 aromatic heterocycles. The Balaban J connectivity index is 1.83. The number of fused-ring (bicyclic) bond motifs is 1. The molecule has 0 aliphatic carbocycles. The first-order valence-electron chi connectivity index (χ1n) is 7.21. The fraction of sp³-hybridized carbons (Fsp3) is 0.118. The van der Waals surface area contributed by atoms with Gasteiger partial charge in [0.2, 0.25) is 5.95 Å². The van der Waals surface area contributed by atoms with Gasteiger partial charge in [-0.05, 0) is 11.1 Å². The fourth-order valence-electron chi connectivity index (χ4n) is 2.80. The predicted molar refractivity (Wildman–Crippen MR) is 86.3 cm³/mol. The summed E-state index contributed by atoms with van der Waals surface area (Å²) in [6.45, 7) is 0. The lowest BCUT2D eigenvalue weighted by molar-refractivity contribution is 0.532. The number of hydrogen-bond donors (Lipinski definition) is 1. The third kappa shape index (κ3) is 2.16. The zero-order valence-corrected chi connectivity index (χ0v) is 11.9. The number of hydrogen-bond acceptors (Lipinski definition) is 4. The van der Waals surface area contributed by atoms with Crippen molar-refractivity contribution in [2.45, 2.75) is 12.5 Å². The van der Waals surface area contributed by atoms with Crippen molar-refractivity contribution < 1.29 is 0 Å². The molecular weight excluding hydrogens is 274 g/mol. The predicted octanol–water partition coefficient (Wildman–Crippen LogP) is 2.97. The van der Waals surface area contributed by atoms with Crippen LogP contribution in [0.2, 0.25) is 0 Å². The number of rotatable bonds is 2. The minimum Gasteiger partial charge on any atom is -0.366 e. The third-order valence-electron chi connectivity index (χ3n) is 3.84. The lowest BCUT2D eigenvalue weighted by Gasteiger charge is -2.23. The maximum absolute atomic E-state index is 5.77. The number of aromatic nitrogens is 3. The molecule has 22 heavy (non-hydrogen) atoms. The summed E-state index contributed by atoms with van der Waals surface area (Å²) in [5.41, 5.74) is 9.06. The Bertz CT molecular complexity index is 821. The molecule has 1 atom stereocenters. The lowest BCUT2D eigenvalue weighted by atomic mass is 9.96. The second-order valence-electron chi connectivity index (χ2n) is 5.27. The largest absolute Gasteiger partial charge is 0.366 e. The minimum atomic E-state index is 0.0636. The quantitative estimate of drug-likeness (QED) is 0.788. The molecule has 108 valence electrons. The molecule has 2 heterocycles. The summed E-state index contributed by atoms with van der Waals surface area (Å²) in [6, 6.07) is 20.5. The van der Waals surface area contributed by atoms with Gasteiger partial charge >= 0.3 is 0 Å². The van der Waals surface area contributed by atoms with E-state index in [0.29, 0.717) is 5.95 Å². The van der Waals surface area contributed by atoms with Crippen LogP contribution in [0.1, 0.15) is 23.6 Å². The zero-order valence-electron chi connectivity index (χ0n) is 11.9.